The molecule has 0 saturated heterocycles. The number of benzene rings is 1. The summed E-state index contributed by atoms with van der Waals surface area (Å²) in [5.74, 6) is -0.892. The maximum absolute atomic E-state index is 10.5. The molecule has 0 aliphatic carbocycles. The van der Waals surface area contributed by atoms with E-state index in [0.717, 1.165) is 5.56 Å². The van der Waals surface area contributed by atoms with E-state index in [1.165, 1.54) is 0 Å². The molecule has 4 nitrogen and oxygen atoms in total. The number of likely N-dealkylation sites (N-methyl/N-ethyl adjacent to an activating group) is 1. The summed E-state index contributed by atoms with van der Waals surface area (Å²) in [5.41, 5.74) is 1.41. The molecule has 0 heterocycles. The molecule has 0 aliphatic rings. The lowest BCUT2D eigenvalue weighted by molar-refractivity contribution is -0.136. The molecule has 3 N–H and O–H groups in total. The van der Waals surface area contributed by atoms with E-state index in [4.69, 9.17) is 21.8 Å². The standard InChI is InChI=1S/C11H14ClNO3/c1-13-10(6-14)8-3-2-7(4-9(8)12)5-11(15)16/h2-4,10,13-14H,5-6H2,1H3,(H,15,16). The highest BCUT2D eigenvalue weighted by molar-refractivity contribution is 6.31. The van der Waals surface area contributed by atoms with E-state index in [1.54, 1.807) is 25.2 Å². The maximum Gasteiger partial charge on any atom is 0.307 e. The van der Waals surface area contributed by atoms with E-state index in [-0.39, 0.29) is 19.1 Å². The molecule has 1 rings (SSSR count). The normalized spacial score (nSPS) is 12.4. The fourth-order valence-electron chi connectivity index (χ4n) is 1.48. The molecule has 0 saturated carbocycles. The Hall–Kier alpha value is -1.10. The second kappa shape index (κ2) is 5.84. The highest BCUT2D eigenvalue weighted by Crippen LogP contribution is 2.24. The Morgan fingerprint density at radius 1 is 1.56 bits per heavy atom. The van der Waals surface area contributed by atoms with Crippen molar-refractivity contribution in [2.24, 2.45) is 0 Å². The number of nitrogens with one attached hydrogen (secondary N) is 1. The van der Waals surface area contributed by atoms with Crippen molar-refractivity contribution in [3.63, 3.8) is 0 Å². The molecule has 88 valence electrons. The van der Waals surface area contributed by atoms with Crippen molar-refractivity contribution in [2.45, 2.75) is 12.5 Å². The van der Waals surface area contributed by atoms with Gasteiger partial charge in [-0.05, 0) is 24.2 Å². The Morgan fingerprint density at radius 3 is 2.69 bits per heavy atom. The lowest BCUT2D eigenvalue weighted by Crippen LogP contribution is -2.20. The van der Waals surface area contributed by atoms with Crippen LogP contribution in [0.5, 0.6) is 0 Å². The van der Waals surface area contributed by atoms with Gasteiger partial charge in [-0.1, -0.05) is 23.7 Å². The summed E-state index contributed by atoms with van der Waals surface area (Å²) in [5, 5.41) is 21.1. The van der Waals surface area contributed by atoms with E-state index in [0.29, 0.717) is 10.6 Å². The molecule has 5 heteroatoms. The molecular weight excluding hydrogens is 230 g/mol. The second-order valence-corrected chi connectivity index (χ2v) is 3.86. The summed E-state index contributed by atoms with van der Waals surface area (Å²) in [6, 6.07) is 4.82. The third kappa shape index (κ3) is 3.20. The fourth-order valence-corrected chi connectivity index (χ4v) is 1.82. The van der Waals surface area contributed by atoms with Crippen LogP contribution in [0.4, 0.5) is 0 Å². The average Bonchev–Trinajstić information content (AvgIpc) is 2.21. The van der Waals surface area contributed by atoms with Crippen molar-refractivity contribution in [1.82, 2.24) is 5.32 Å². The van der Waals surface area contributed by atoms with Gasteiger partial charge in [0.25, 0.3) is 0 Å². The van der Waals surface area contributed by atoms with Crippen LogP contribution in [-0.4, -0.2) is 29.8 Å². The average molecular weight is 244 g/mol. The molecular formula is C11H14ClNO3. The number of halogens is 1. The number of carbonyl (C=O) groups is 1. The Balaban J connectivity index is 2.94. The summed E-state index contributed by atoms with van der Waals surface area (Å²) in [6.45, 7) is -0.0610. The van der Waals surface area contributed by atoms with Crippen LogP contribution in [-0.2, 0) is 11.2 Å². The van der Waals surface area contributed by atoms with Crippen LogP contribution in [0, 0.1) is 0 Å². The lowest BCUT2D eigenvalue weighted by atomic mass is 10.0. The Kier molecular flexibility index (Phi) is 4.73. The zero-order chi connectivity index (χ0) is 12.1. The fraction of sp³-hybridized carbons (Fsp3) is 0.364. The summed E-state index contributed by atoms with van der Waals surface area (Å²) >= 11 is 6.02. The minimum absolute atomic E-state index is 0.0522. The van der Waals surface area contributed by atoms with Gasteiger partial charge in [-0.2, -0.15) is 0 Å². The molecule has 16 heavy (non-hydrogen) atoms. The van der Waals surface area contributed by atoms with Crippen LogP contribution < -0.4 is 5.32 Å². The molecule has 1 unspecified atom stereocenters. The predicted octanol–water partition coefficient (Wildman–Crippen LogP) is 1.22. The Labute approximate surface area is 98.9 Å². The van der Waals surface area contributed by atoms with E-state index < -0.39 is 5.97 Å². The molecule has 0 fully saturated rings. The number of hydrogen-bond acceptors (Lipinski definition) is 3. The molecule has 0 amide bonds. The highest BCUT2D eigenvalue weighted by atomic mass is 35.5. The van der Waals surface area contributed by atoms with Crippen LogP contribution in [0.1, 0.15) is 17.2 Å². The summed E-state index contributed by atoms with van der Waals surface area (Å²) in [7, 11) is 1.72. The lowest BCUT2D eigenvalue weighted by Gasteiger charge is -2.15. The molecule has 0 bridgehead atoms. The van der Waals surface area contributed by atoms with Gasteiger partial charge in [0, 0.05) is 5.02 Å². The maximum atomic E-state index is 10.5. The second-order valence-electron chi connectivity index (χ2n) is 3.45. The molecule has 0 aliphatic heterocycles. The molecule has 1 aromatic carbocycles. The molecule has 0 radical (unpaired) electrons. The highest BCUT2D eigenvalue weighted by Gasteiger charge is 2.12. The zero-order valence-electron chi connectivity index (χ0n) is 8.90. The minimum atomic E-state index is -0.892. The first-order valence-corrected chi connectivity index (χ1v) is 5.24. The largest absolute Gasteiger partial charge is 0.481 e. The Bertz CT molecular complexity index is 377. The number of carboxylic acid groups (broad SMARTS) is 1. The van der Waals surface area contributed by atoms with Crippen LogP contribution in [0.2, 0.25) is 5.02 Å². The van der Waals surface area contributed by atoms with Gasteiger partial charge in [-0.15, -0.1) is 0 Å². The van der Waals surface area contributed by atoms with Crippen LogP contribution in [0.3, 0.4) is 0 Å². The molecule has 0 aromatic heterocycles. The van der Waals surface area contributed by atoms with Gasteiger partial charge < -0.3 is 15.5 Å². The van der Waals surface area contributed by atoms with Crippen molar-refractivity contribution in [2.75, 3.05) is 13.7 Å². The number of aliphatic hydroxyl groups is 1. The summed E-state index contributed by atoms with van der Waals surface area (Å²) in [4.78, 5) is 10.5. The third-order valence-corrected chi connectivity index (χ3v) is 2.65. The predicted molar refractivity (Wildman–Crippen MR) is 61.7 cm³/mol. The van der Waals surface area contributed by atoms with Crippen molar-refractivity contribution >= 4 is 17.6 Å². The number of rotatable bonds is 5. The van der Waals surface area contributed by atoms with Gasteiger partial charge in [-0.25, -0.2) is 0 Å². The number of aliphatic carboxylic acids is 1. The van der Waals surface area contributed by atoms with Gasteiger partial charge in [-0.3, -0.25) is 4.79 Å². The Morgan fingerprint density at radius 2 is 2.25 bits per heavy atom. The van der Waals surface area contributed by atoms with Crippen LogP contribution >= 0.6 is 11.6 Å². The SMILES string of the molecule is CNC(CO)c1ccc(CC(=O)O)cc1Cl. The molecule has 1 atom stereocenters. The van der Waals surface area contributed by atoms with Crippen molar-refractivity contribution < 1.29 is 15.0 Å². The van der Waals surface area contributed by atoms with Gasteiger partial charge in [0.15, 0.2) is 0 Å². The van der Waals surface area contributed by atoms with Crippen molar-refractivity contribution in [3.8, 4) is 0 Å². The van der Waals surface area contributed by atoms with Gasteiger partial charge in [0.1, 0.15) is 0 Å². The molecule has 0 spiro atoms. The smallest absolute Gasteiger partial charge is 0.307 e. The van der Waals surface area contributed by atoms with Crippen molar-refractivity contribution in [3.05, 3.63) is 34.3 Å². The van der Waals surface area contributed by atoms with E-state index in [2.05, 4.69) is 5.32 Å². The molecule has 1 aromatic rings. The van der Waals surface area contributed by atoms with Crippen LogP contribution in [0.15, 0.2) is 18.2 Å². The summed E-state index contributed by atoms with van der Waals surface area (Å²) in [6.07, 6.45) is -0.0522. The zero-order valence-corrected chi connectivity index (χ0v) is 9.66. The topological polar surface area (TPSA) is 69.6 Å². The first-order chi connectivity index (χ1) is 7.58. The van der Waals surface area contributed by atoms with Gasteiger partial charge >= 0.3 is 5.97 Å². The summed E-state index contributed by atoms with van der Waals surface area (Å²) < 4.78 is 0. The number of carboxylic acids is 1. The number of aliphatic hydroxyl groups excluding tert-OH is 1. The quantitative estimate of drug-likeness (QED) is 0.727. The van der Waals surface area contributed by atoms with E-state index in [1.807, 2.05) is 0 Å². The minimum Gasteiger partial charge on any atom is -0.481 e. The monoisotopic (exact) mass is 243 g/mol. The van der Waals surface area contributed by atoms with Gasteiger partial charge in [0.05, 0.1) is 19.1 Å². The first-order valence-electron chi connectivity index (χ1n) is 4.86. The van der Waals surface area contributed by atoms with Crippen molar-refractivity contribution in [1.29, 1.82) is 0 Å². The van der Waals surface area contributed by atoms with Crippen LogP contribution in [0.25, 0.3) is 0 Å². The third-order valence-electron chi connectivity index (χ3n) is 2.33. The van der Waals surface area contributed by atoms with Gasteiger partial charge in [0.2, 0.25) is 0 Å². The van der Waals surface area contributed by atoms with E-state index in [9.17, 15) is 4.79 Å². The first kappa shape index (κ1) is 13.0. The number of hydrogen-bond donors (Lipinski definition) is 3. The van der Waals surface area contributed by atoms with E-state index >= 15 is 0 Å².